The number of aryl methyl sites for hydroxylation is 1. The molecule has 0 saturated heterocycles. The molecule has 0 unspecified atom stereocenters. The third-order valence-electron chi connectivity index (χ3n) is 5.13. The highest BCUT2D eigenvalue weighted by Crippen LogP contribution is 2.17. The highest BCUT2D eigenvalue weighted by molar-refractivity contribution is 5.99. The van der Waals surface area contributed by atoms with E-state index < -0.39 is 12.1 Å². The molecule has 2 aromatic carbocycles. The number of benzene rings is 2. The van der Waals surface area contributed by atoms with Crippen molar-refractivity contribution in [1.29, 1.82) is 0 Å². The molecule has 8 heteroatoms. The number of carbonyl (C=O) groups is 2. The average molecular weight is 462 g/mol. The zero-order valence-corrected chi connectivity index (χ0v) is 19.3. The molecule has 0 aliphatic heterocycles. The average Bonchev–Trinajstić information content (AvgIpc) is 2.85. The minimum absolute atomic E-state index is 0.268. The fraction of sp³-hybridized carbons (Fsp3) is 0.269. The molecule has 0 bridgehead atoms. The van der Waals surface area contributed by atoms with Gasteiger partial charge in [0.05, 0.1) is 0 Å². The third-order valence-corrected chi connectivity index (χ3v) is 5.13. The summed E-state index contributed by atoms with van der Waals surface area (Å²) in [5, 5.41) is 8.41. The van der Waals surface area contributed by atoms with E-state index in [9.17, 15) is 9.59 Å². The minimum atomic E-state index is -0.685. The standard InChI is InChI=1S/C26H31N5O3/c1-19-7-9-21(10-8-19)29-25(32)24(6-2-3-15-27)31-26(33)30-22-11-13-23(14-12-22)34-18-20-5-4-16-28-17-20/h4-5,7-14,16-17,24H,2-3,6,15,18,27H2,1H3,(H,29,32)(H2,30,31,33)/t24-/m0/s1. The Kier molecular flexibility index (Phi) is 9.42. The Morgan fingerprint density at radius 1 is 0.971 bits per heavy atom. The summed E-state index contributed by atoms with van der Waals surface area (Å²) in [6.45, 7) is 2.92. The smallest absolute Gasteiger partial charge is 0.319 e. The molecule has 0 aliphatic carbocycles. The maximum atomic E-state index is 12.8. The van der Waals surface area contributed by atoms with Gasteiger partial charge in [-0.2, -0.15) is 0 Å². The lowest BCUT2D eigenvalue weighted by Crippen LogP contribution is -2.45. The number of nitrogens with two attached hydrogens (primary N) is 1. The number of urea groups is 1. The van der Waals surface area contributed by atoms with Gasteiger partial charge in [0.15, 0.2) is 0 Å². The van der Waals surface area contributed by atoms with Gasteiger partial charge in [0.2, 0.25) is 5.91 Å². The number of nitrogens with zero attached hydrogens (tertiary/aromatic N) is 1. The monoisotopic (exact) mass is 461 g/mol. The number of carbonyl (C=O) groups excluding carboxylic acids is 2. The third kappa shape index (κ3) is 8.22. The highest BCUT2D eigenvalue weighted by Gasteiger charge is 2.20. The van der Waals surface area contributed by atoms with Crippen LogP contribution in [0.15, 0.2) is 73.1 Å². The minimum Gasteiger partial charge on any atom is -0.489 e. The van der Waals surface area contributed by atoms with Gasteiger partial charge in [0, 0.05) is 29.3 Å². The molecule has 1 aromatic heterocycles. The van der Waals surface area contributed by atoms with Gasteiger partial charge in [-0.1, -0.05) is 23.8 Å². The van der Waals surface area contributed by atoms with Crippen LogP contribution >= 0.6 is 0 Å². The van der Waals surface area contributed by atoms with Crippen LogP contribution < -0.4 is 26.4 Å². The number of ether oxygens (including phenoxy) is 1. The lowest BCUT2D eigenvalue weighted by molar-refractivity contribution is -0.118. The second-order valence-electron chi connectivity index (χ2n) is 7.97. The summed E-state index contributed by atoms with van der Waals surface area (Å²) in [7, 11) is 0. The highest BCUT2D eigenvalue weighted by atomic mass is 16.5. The van der Waals surface area contributed by atoms with Crippen LogP contribution in [0.5, 0.6) is 5.75 Å². The fourth-order valence-electron chi connectivity index (χ4n) is 3.24. The van der Waals surface area contributed by atoms with Crippen molar-refractivity contribution in [1.82, 2.24) is 10.3 Å². The molecule has 3 aromatic rings. The summed E-state index contributed by atoms with van der Waals surface area (Å²) in [5.41, 5.74) is 8.92. The van der Waals surface area contributed by atoms with Gasteiger partial charge < -0.3 is 26.4 Å². The number of hydrogen-bond acceptors (Lipinski definition) is 5. The number of unbranched alkanes of at least 4 members (excludes halogenated alkanes) is 1. The Balaban J connectivity index is 1.54. The van der Waals surface area contributed by atoms with Gasteiger partial charge in [-0.3, -0.25) is 9.78 Å². The van der Waals surface area contributed by atoms with Crippen molar-refractivity contribution in [2.24, 2.45) is 5.73 Å². The van der Waals surface area contributed by atoms with Gasteiger partial charge in [-0.05, 0) is 75.2 Å². The van der Waals surface area contributed by atoms with Gasteiger partial charge in [-0.25, -0.2) is 4.79 Å². The number of nitrogens with one attached hydrogen (secondary N) is 3. The van der Waals surface area contributed by atoms with Crippen molar-refractivity contribution in [2.45, 2.75) is 38.8 Å². The maximum Gasteiger partial charge on any atom is 0.319 e. The quantitative estimate of drug-likeness (QED) is 0.319. The molecule has 1 atom stereocenters. The Morgan fingerprint density at radius 3 is 2.35 bits per heavy atom. The number of anilines is 2. The molecule has 34 heavy (non-hydrogen) atoms. The molecule has 0 saturated carbocycles. The van der Waals surface area contributed by atoms with Crippen LogP contribution in [-0.2, 0) is 11.4 Å². The van der Waals surface area contributed by atoms with E-state index in [4.69, 9.17) is 10.5 Å². The zero-order chi connectivity index (χ0) is 24.2. The Labute approximate surface area is 199 Å². The van der Waals surface area contributed by atoms with Gasteiger partial charge in [0.25, 0.3) is 0 Å². The fourth-order valence-corrected chi connectivity index (χ4v) is 3.24. The van der Waals surface area contributed by atoms with Crippen LogP contribution in [0, 0.1) is 6.92 Å². The number of hydrogen-bond donors (Lipinski definition) is 4. The van der Waals surface area contributed by atoms with E-state index in [2.05, 4.69) is 20.9 Å². The first-order chi connectivity index (χ1) is 16.5. The molecule has 5 N–H and O–H groups in total. The summed E-state index contributed by atoms with van der Waals surface area (Å²) < 4.78 is 5.74. The van der Waals surface area contributed by atoms with E-state index in [0.29, 0.717) is 36.7 Å². The summed E-state index contributed by atoms with van der Waals surface area (Å²) in [6, 6.07) is 17.2. The van der Waals surface area contributed by atoms with Crippen molar-refractivity contribution in [2.75, 3.05) is 17.2 Å². The van der Waals surface area contributed by atoms with E-state index in [1.54, 1.807) is 36.7 Å². The molecule has 3 rings (SSSR count). The Morgan fingerprint density at radius 2 is 1.68 bits per heavy atom. The molecule has 8 nitrogen and oxygen atoms in total. The van der Waals surface area contributed by atoms with E-state index in [-0.39, 0.29) is 5.91 Å². The van der Waals surface area contributed by atoms with Crippen LogP contribution in [0.3, 0.4) is 0 Å². The SMILES string of the molecule is Cc1ccc(NC(=O)[C@H](CCCCN)NC(=O)Nc2ccc(OCc3cccnc3)cc2)cc1. The summed E-state index contributed by atoms with van der Waals surface area (Å²) in [5.74, 6) is 0.405. The first-order valence-electron chi connectivity index (χ1n) is 11.3. The van der Waals surface area contributed by atoms with Crippen molar-refractivity contribution >= 4 is 23.3 Å². The van der Waals surface area contributed by atoms with Crippen molar-refractivity contribution < 1.29 is 14.3 Å². The molecule has 3 amide bonds. The van der Waals surface area contributed by atoms with Crippen LogP contribution in [-0.4, -0.2) is 29.5 Å². The topological polar surface area (TPSA) is 118 Å². The number of aromatic nitrogens is 1. The second-order valence-corrected chi connectivity index (χ2v) is 7.97. The lowest BCUT2D eigenvalue weighted by atomic mass is 10.1. The molecular weight excluding hydrogens is 430 g/mol. The zero-order valence-electron chi connectivity index (χ0n) is 19.3. The van der Waals surface area contributed by atoms with Crippen LogP contribution in [0.2, 0.25) is 0 Å². The van der Waals surface area contributed by atoms with Crippen molar-refractivity contribution in [3.63, 3.8) is 0 Å². The van der Waals surface area contributed by atoms with Crippen molar-refractivity contribution in [3.05, 3.63) is 84.2 Å². The van der Waals surface area contributed by atoms with E-state index in [1.165, 1.54) is 0 Å². The summed E-state index contributed by atoms with van der Waals surface area (Å²) in [6.07, 6.45) is 5.45. The predicted octanol–water partition coefficient (Wildman–Crippen LogP) is 4.23. The maximum absolute atomic E-state index is 12.8. The first-order valence-corrected chi connectivity index (χ1v) is 11.3. The molecule has 178 valence electrons. The first kappa shape index (κ1) is 24.7. The van der Waals surface area contributed by atoms with Gasteiger partial charge >= 0.3 is 6.03 Å². The molecule has 0 spiro atoms. The molecular formula is C26H31N5O3. The summed E-state index contributed by atoms with van der Waals surface area (Å²) >= 11 is 0. The van der Waals surface area contributed by atoms with Crippen LogP contribution in [0.25, 0.3) is 0 Å². The second kappa shape index (κ2) is 13.0. The van der Waals surface area contributed by atoms with E-state index in [0.717, 1.165) is 24.0 Å². The van der Waals surface area contributed by atoms with Crippen LogP contribution in [0.4, 0.5) is 16.2 Å². The number of rotatable bonds is 11. The predicted molar refractivity (Wildman–Crippen MR) is 134 cm³/mol. The number of amides is 3. The van der Waals surface area contributed by atoms with E-state index in [1.807, 2.05) is 43.3 Å². The number of pyridine rings is 1. The molecule has 1 heterocycles. The Bertz CT molecular complexity index is 1040. The summed E-state index contributed by atoms with van der Waals surface area (Å²) in [4.78, 5) is 29.5. The van der Waals surface area contributed by atoms with Gasteiger partial charge in [0.1, 0.15) is 18.4 Å². The molecule has 0 radical (unpaired) electrons. The molecule has 0 aliphatic rings. The molecule has 0 fully saturated rings. The van der Waals surface area contributed by atoms with Gasteiger partial charge in [-0.15, -0.1) is 0 Å². The largest absolute Gasteiger partial charge is 0.489 e. The van der Waals surface area contributed by atoms with E-state index >= 15 is 0 Å². The normalized spacial score (nSPS) is 11.4. The van der Waals surface area contributed by atoms with Crippen molar-refractivity contribution in [3.8, 4) is 5.75 Å². The van der Waals surface area contributed by atoms with Crippen LogP contribution in [0.1, 0.15) is 30.4 Å². The Hall–Kier alpha value is -3.91. The lowest BCUT2D eigenvalue weighted by Gasteiger charge is -2.19.